The molecule has 1 aromatic carbocycles. The molecule has 1 aromatic rings. The van der Waals surface area contributed by atoms with E-state index < -0.39 is 9.84 Å². The second-order valence-corrected chi connectivity index (χ2v) is 10.3. The third-order valence-corrected chi connectivity index (χ3v) is 7.45. The number of carbonyl (C=O) groups is 1. The Morgan fingerprint density at radius 1 is 1.46 bits per heavy atom. The summed E-state index contributed by atoms with van der Waals surface area (Å²) in [6, 6.07) is 5.15. The van der Waals surface area contributed by atoms with Crippen LogP contribution < -0.4 is 4.74 Å². The first-order chi connectivity index (χ1) is 11.3. The molecule has 0 radical (unpaired) electrons. The van der Waals surface area contributed by atoms with E-state index in [1.54, 1.807) is 19.3 Å². The van der Waals surface area contributed by atoms with Gasteiger partial charge < -0.3 is 4.74 Å². The summed E-state index contributed by atoms with van der Waals surface area (Å²) in [4.78, 5) is 14.6. The number of rotatable bonds is 3. The van der Waals surface area contributed by atoms with Gasteiger partial charge in [0.2, 0.25) is 0 Å². The SMILES string of the molecule is COc1ccc(Br)cc1C=C1SC(=S)N(C2CCS(=O)(=O)C2)C1=O. The van der Waals surface area contributed by atoms with E-state index in [1.807, 2.05) is 12.1 Å². The smallest absolute Gasteiger partial charge is 0.266 e. The van der Waals surface area contributed by atoms with Crippen LogP contribution in [-0.2, 0) is 14.6 Å². The summed E-state index contributed by atoms with van der Waals surface area (Å²) < 4.78 is 29.9. The van der Waals surface area contributed by atoms with Crippen molar-refractivity contribution in [1.82, 2.24) is 4.90 Å². The molecule has 0 saturated carbocycles. The number of amides is 1. The molecule has 2 heterocycles. The summed E-state index contributed by atoms with van der Waals surface area (Å²) in [7, 11) is -1.52. The van der Waals surface area contributed by atoms with Gasteiger partial charge in [-0.25, -0.2) is 8.42 Å². The molecule has 2 fully saturated rings. The van der Waals surface area contributed by atoms with E-state index in [0.29, 0.717) is 21.4 Å². The lowest BCUT2D eigenvalue weighted by Gasteiger charge is -2.20. The molecule has 128 valence electrons. The van der Waals surface area contributed by atoms with E-state index >= 15 is 0 Å². The van der Waals surface area contributed by atoms with Crippen LogP contribution in [0.5, 0.6) is 5.75 Å². The lowest BCUT2D eigenvalue weighted by atomic mass is 10.1. The number of thiocarbonyl (C=S) groups is 1. The molecule has 0 aromatic heterocycles. The van der Waals surface area contributed by atoms with Gasteiger partial charge in [0.1, 0.15) is 10.1 Å². The average Bonchev–Trinajstić information content (AvgIpc) is 2.99. The van der Waals surface area contributed by atoms with Crippen molar-refractivity contribution in [2.24, 2.45) is 0 Å². The Labute approximate surface area is 158 Å². The van der Waals surface area contributed by atoms with Crippen LogP contribution in [0.1, 0.15) is 12.0 Å². The van der Waals surface area contributed by atoms with Gasteiger partial charge >= 0.3 is 0 Å². The van der Waals surface area contributed by atoms with Gasteiger partial charge in [-0.3, -0.25) is 9.69 Å². The zero-order valence-corrected chi connectivity index (χ0v) is 16.7. The van der Waals surface area contributed by atoms with Crippen LogP contribution in [0.2, 0.25) is 0 Å². The highest BCUT2D eigenvalue weighted by atomic mass is 79.9. The molecule has 9 heteroatoms. The Morgan fingerprint density at radius 2 is 2.21 bits per heavy atom. The summed E-state index contributed by atoms with van der Waals surface area (Å²) in [5.74, 6) is 0.487. The summed E-state index contributed by atoms with van der Waals surface area (Å²) in [5.41, 5.74) is 0.756. The number of nitrogens with zero attached hydrogens (tertiary/aromatic N) is 1. The molecule has 1 amide bonds. The van der Waals surface area contributed by atoms with Gasteiger partial charge in [-0.1, -0.05) is 39.9 Å². The number of ether oxygens (including phenoxy) is 1. The van der Waals surface area contributed by atoms with Gasteiger partial charge in [0.15, 0.2) is 9.84 Å². The van der Waals surface area contributed by atoms with Gasteiger partial charge in [0.05, 0.1) is 29.6 Å². The highest BCUT2D eigenvalue weighted by Gasteiger charge is 2.42. The summed E-state index contributed by atoms with van der Waals surface area (Å²) >= 11 is 9.89. The molecular formula is C15H14BrNO4S3. The fourth-order valence-corrected chi connectivity index (χ4v) is 6.20. The van der Waals surface area contributed by atoms with Crippen LogP contribution in [0.15, 0.2) is 27.6 Å². The predicted molar refractivity (Wildman–Crippen MR) is 103 cm³/mol. The minimum atomic E-state index is -3.08. The number of halogens is 1. The minimum Gasteiger partial charge on any atom is -0.496 e. The largest absolute Gasteiger partial charge is 0.496 e. The Bertz CT molecular complexity index is 850. The zero-order chi connectivity index (χ0) is 17.5. The van der Waals surface area contributed by atoms with Crippen molar-refractivity contribution in [3.63, 3.8) is 0 Å². The molecule has 24 heavy (non-hydrogen) atoms. The lowest BCUT2D eigenvalue weighted by molar-refractivity contribution is -0.123. The third kappa shape index (κ3) is 3.54. The maximum Gasteiger partial charge on any atom is 0.266 e. The third-order valence-electron chi connectivity index (χ3n) is 3.88. The van der Waals surface area contributed by atoms with Crippen LogP contribution in [0.4, 0.5) is 0 Å². The molecule has 3 rings (SSSR count). The molecular weight excluding hydrogens is 434 g/mol. The number of sulfone groups is 1. The first-order valence-electron chi connectivity index (χ1n) is 7.12. The van der Waals surface area contributed by atoms with Crippen LogP contribution in [0, 0.1) is 0 Å². The van der Waals surface area contributed by atoms with Crippen LogP contribution >= 0.6 is 39.9 Å². The fraction of sp³-hybridized carbons (Fsp3) is 0.333. The summed E-state index contributed by atoms with van der Waals surface area (Å²) in [5, 5.41) is 0. The predicted octanol–water partition coefficient (Wildman–Crippen LogP) is 2.85. The Kier molecular flexibility index (Phi) is 5.06. The number of methoxy groups -OCH3 is 1. The van der Waals surface area contributed by atoms with E-state index in [4.69, 9.17) is 17.0 Å². The standard InChI is InChI=1S/C15H14BrNO4S3/c1-21-12-3-2-10(16)6-9(12)7-13-14(18)17(15(22)23-13)11-4-5-24(19,20)8-11/h2-3,6-7,11H,4-5,8H2,1H3. The van der Waals surface area contributed by atoms with Crippen LogP contribution in [-0.4, -0.2) is 48.2 Å². The first-order valence-corrected chi connectivity index (χ1v) is 11.0. The fourth-order valence-electron chi connectivity index (χ4n) is 2.73. The number of benzene rings is 1. The van der Waals surface area contributed by atoms with Gasteiger partial charge in [-0.15, -0.1) is 0 Å². The molecule has 2 aliphatic heterocycles. The van der Waals surface area contributed by atoms with E-state index in [9.17, 15) is 13.2 Å². The van der Waals surface area contributed by atoms with Gasteiger partial charge in [-0.05, 0) is 30.7 Å². The lowest BCUT2D eigenvalue weighted by Crippen LogP contribution is -2.39. The molecule has 0 bridgehead atoms. The summed E-state index contributed by atoms with van der Waals surface area (Å²) in [6.07, 6.45) is 2.16. The molecule has 0 spiro atoms. The molecule has 1 unspecified atom stereocenters. The number of hydrogen-bond donors (Lipinski definition) is 0. The number of carbonyl (C=O) groups excluding carboxylic acids is 1. The maximum atomic E-state index is 12.7. The van der Waals surface area contributed by atoms with Crippen LogP contribution in [0.3, 0.4) is 0 Å². The topological polar surface area (TPSA) is 63.7 Å². The van der Waals surface area contributed by atoms with E-state index in [1.165, 1.54) is 16.7 Å². The summed E-state index contributed by atoms with van der Waals surface area (Å²) in [6.45, 7) is 0. The molecule has 1 atom stereocenters. The normalized spacial score (nSPS) is 24.8. The van der Waals surface area contributed by atoms with Crippen molar-refractivity contribution < 1.29 is 17.9 Å². The minimum absolute atomic E-state index is 0.0209. The highest BCUT2D eigenvalue weighted by molar-refractivity contribution is 9.10. The highest BCUT2D eigenvalue weighted by Crippen LogP contribution is 2.37. The molecule has 0 N–H and O–H groups in total. The van der Waals surface area contributed by atoms with Crippen molar-refractivity contribution in [2.45, 2.75) is 12.5 Å². The second kappa shape index (κ2) is 6.78. The van der Waals surface area contributed by atoms with Crippen molar-refractivity contribution in [3.8, 4) is 5.75 Å². The van der Waals surface area contributed by atoms with Gasteiger partial charge in [0, 0.05) is 10.0 Å². The van der Waals surface area contributed by atoms with E-state index in [0.717, 1.165) is 10.0 Å². The van der Waals surface area contributed by atoms with Gasteiger partial charge in [0.25, 0.3) is 5.91 Å². The van der Waals surface area contributed by atoms with Gasteiger partial charge in [-0.2, -0.15) is 0 Å². The quantitative estimate of drug-likeness (QED) is 0.524. The van der Waals surface area contributed by atoms with Crippen molar-refractivity contribution in [3.05, 3.63) is 33.1 Å². The molecule has 2 aliphatic rings. The molecule has 0 aliphatic carbocycles. The average molecular weight is 448 g/mol. The van der Waals surface area contributed by atoms with Crippen molar-refractivity contribution in [2.75, 3.05) is 18.6 Å². The zero-order valence-electron chi connectivity index (χ0n) is 12.7. The number of thioether (sulfide) groups is 1. The Hall–Kier alpha value is -0.900. The first kappa shape index (κ1) is 17.9. The van der Waals surface area contributed by atoms with E-state index in [2.05, 4.69) is 15.9 Å². The maximum absolute atomic E-state index is 12.7. The van der Waals surface area contributed by atoms with E-state index in [-0.39, 0.29) is 23.5 Å². The second-order valence-electron chi connectivity index (χ2n) is 5.49. The van der Waals surface area contributed by atoms with Crippen molar-refractivity contribution in [1.29, 1.82) is 0 Å². The Morgan fingerprint density at radius 3 is 2.83 bits per heavy atom. The molecule has 5 nitrogen and oxygen atoms in total. The monoisotopic (exact) mass is 447 g/mol. The molecule has 2 saturated heterocycles. The number of hydrogen-bond acceptors (Lipinski definition) is 6. The van der Waals surface area contributed by atoms with Crippen molar-refractivity contribution >= 4 is 66.1 Å². The Balaban J connectivity index is 1.91. The van der Waals surface area contributed by atoms with Crippen LogP contribution in [0.25, 0.3) is 6.08 Å².